The molecule has 1 aromatic rings. The molecule has 20 heavy (non-hydrogen) atoms. The van der Waals surface area contributed by atoms with Gasteiger partial charge in [0.1, 0.15) is 0 Å². The maximum Gasteiger partial charge on any atom is 0.343 e. The molecule has 0 saturated heterocycles. The highest BCUT2D eigenvalue weighted by atomic mass is 16.1. The predicted octanol–water partition coefficient (Wildman–Crippen LogP) is 2.50. The highest BCUT2D eigenvalue weighted by molar-refractivity contribution is 5.37. The Bertz CT molecular complexity index is 488. The first-order chi connectivity index (χ1) is 9.70. The van der Waals surface area contributed by atoms with Gasteiger partial charge in [0, 0.05) is 6.54 Å². The molecule has 0 bridgehead atoms. The van der Waals surface area contributed by atoms with Gasteiger partial charge in [-0.05, 0) is 30.5 Å². The van der Waals surface area contributed by atoms with E-state index in [9.17, 15) is 4.79 Å². The van der Waals surface area contributed by atoms with Crippen molar-refractivity contribution in [3.8, 4) is 0 Å². The Morgan fingerprint density at radius 2 is 2.25 bits per heavy atom. The smallest absolute Gasteiger partial charge is 0.343 e. The van der Waals surface area contributed by atoms with E-state index in [-0.39, 0.29) is 5.69 Å². The van der Waals surface area contributed by atoms with E-state index >= 15 is 0 Å². The molecule has 0 amide bonds. The van der Waals surface area contributed by atoms with E-state index in [4.69, 9.17) is 5.73 Å². The maximum atomic E-state index is 11.6. The van der Waals surface area contributed by atoms with E-state index in [0.717, 1.165) is 18.3 Å². The molecule has 112 valence electrons. The Morgan fingerprint density at radius 3 is 2.95 bits per heavy atom. The average Bonchev–Trinajstić information content (AvgIpc) is 2.97. The molecule has 2 atom stereocenters. The summed E-state index contributed by atoms with van der Waals surface area (Å²) in [6, 6.07) is 0. The summed E-state index contributed by atoms with van der Waals surface area (Å²) in [5, 5.41) is 4.17. The zero-order chi connectivity index (χ0) is 14.4. The molecule has 0 aromatic carbocycles. The van der Waals surface area contributed by atoms with E-state index in [2.05, 4.69) is 17.0 Å². The van der Waals surface area contributed by atoms with Crippen LogP contribution in [-0.4, -0.2) is 14.8 Å². The number of aryl methyl sites for hydroxylation is 1. The first kappa shape index (κ1) is 14.9. The first-order valence-corrected chi connectivity index (χ1v) is 7.76. The minimum Gasteiger partial charge on any atom is -0.404 e. The molecule has 1 aliphatic carbocycles. The molecule has 2 rings (SSSR count). The molecular weight excluding hydrogens is 252 g/mol. The lowest BCUT2D eigenvalue weighted by Gasteiger charge is -2.14. The molecule has 3 N–H and O–H groups in total. The number of hydrogen-bond acceptors (Lipinski definition) is 3. The fourth-order valence-corrected chi connectivity index (χ4v) is 3.19. The summed E-state index contributed by atoms with van der Waals surface area (Å²) in [6.45, 7) is 3.07. The van der Waals surface area contributed by atoms with Crippen LogP contribution in [0.4, 0.5) is 0 Å². The summed E-state index contributed by atoms with van der Waals surface area (Å²) in [5.41, 5.74) is 5.13. The standard InChI is InChI=1S/C15H26N4O/c1-12-6-5-8-13(12)7-3-2-4-11-19-15(20)17-14(18-19)9-10-16/h9-10,12-13H,2-8,11,16H2,1H3,(H,17,18,20)/t12?,13-/m1/s1. The molecule has 0 spiro atoms. The van der Waals surface area contributed by atoms with Crippen LogP contribution in [0, 0.1) is 11.8 Å². The Labute approximate surface area is 120 Å². The summed E-state index contributed by atoms with van der Waals surface area (Å²) in [6.07, 6.45) is 12.0. The van der Waals surface area contributed by atoms with Gasteiger partial charge in [0.15, 0.2) is 5.82 Å². The molecule has 0 aliphatic heterocycles. The monoisotopic (exact) mass is 278 g/mol. The van der Waals surface area contributed by atoms with E-state index in [1.165, 1.54) is 49.4 Å². The van der Waals surface area contributed by atoms with Crippen molar-refractivity contribution in [1.82, 2.24) is 14.8 Å². The van der Waals surface area contributed by atoms with Gasteiger partial charge in [0.25, 0.3) is 0 Å². The van der Waals surface area contributed by atoms with Crippen LogP contribution in [0.15, 0.2) is 11.0 Å². The van der Waals surface area contributed by atoms with Crippen LogP contribution >= 0.6 is 0 Å². The number of aromatic amines is 1. The van der Waals surface area contributed by atoms with Gasteiger partial charge in [0.2, 0.25) is 0 Å². The van der Waals surface area contributed by atoms with Crippen molar-refractivity contribution in [2.75, 3.05) is 0 Å². The van der Waals surface area contributed by atoms with Crippen molar-refractivity contribution in [2.45, 2.75) is 58.4 Å². The van der Waals surface area contributed by atoms with Gasteiger partial charge in [0.05, 0.1) is 0 Å². The summed E-state index contributed by atoms with van der Waals surface area (Å²) in [7, 11) is 0. The van der Waals surface area contributed by atoms with E-state index < -0.39 is 0 Å². The highest BCUT2D eigenvalue weighted by Gasteiger charge is 2.22. The fourth-order valence-electron chi connectivity index (χ4n) is 3.19. The Morgan fingerprint density at radius 1 is 1.40 bits per heavy atom. The molecule has 1 saturated carbocycles. The van der Waals surface area contributed by atoms with Gasteiger partial charge in [-0.15, -0.1) is 0 Å². The SMILES string of the molecule is CC1CCC[C@H]1CCCCCn1nc(C=CN)[nH]c1=O. The van der Waals surface area contributed by atoms with Gasteiger partial charge in [-0.25, -0.2) is 9.48 Å². The van der Waals surface area contributed by atoms with Crippen molar-refractivity contribution in [3.63, 3.8) is 0 Å². The number of rotatable bonds is 7. The number of aromatic nitrogens is 3. The Kier molecular flexibility index (Phi) is 5.44. The third-order valence-electron chi connectivity index (χ3n) is 4.44. The van der Waals surface area contributed by atoms with Gasteiger partial charge >= 0.3 is 5.69 Å². The summed E-state index contributed by atoms with van der Waals surface area (Å²) < 4.78 is 1.49. The van der Waals surface area contributed by atoms with Crippen molar-refractivity contribution in [2.24, 2.45) is 17.6 Å². The summed E-state index contributed by atoms with van der Waals surface area (Å²) >= 11 is 0. The minimum atomic E-state index is -0.150. The van der Waals surface area contributed by atoms with Crippen LogP contribution in [0.1, 0.15) is 57.7 Å². The lowest BCUT2D eigenvalue weighted by Crippen LogP contribution is -2.18. The predicted molar refractivity (Wildman–Crippen MR) is 81.0 cm³/mol. The zero-order valence-electron chi connectivity index (χ0n) is 12.3. The molecule has 1 unspecified atom stereocenters. The van der Waals surface area contributed by atoms with Crippen molar-refractivity contribution in [1.29, 1.82) is 0 Å². The number of hydrogen-bond donors (Lipinski definition) is 2. The largest absolute Gasteiger partial charge is 0.404 e. The maximum absolute atomic E-state index is 11.6. The molecule has 1 heterocycles. The van der Waals surface area contributed by atoms with Gasteiger partial charge < -0.3 is 5.73 Å². The van der Waals surface area contributed by atoms with Crippen LogP contribution in [0.5, 0.6) is 0 Å². The van der Waals surface area contributed by atoms with Gasteiger partial charge in [-0.3, -0.25) is 4.98 Å². The van der Waals surface area contributed by atoms with Crippen molar-refractivity contribution in [3.05, 3.63) is 22.5 Å². The van der Waals surface area contributed by atoms with Crippen LogP contribution in [-0.2, 0) is 6.54 Å². The number of unbranched alkanes of at least 4 members (excludes halogenated alkanes) is 2. The molecule has 0 radical (unpaired) electrons. The molecule has 1 aromatic heterocycles. The summed E-state index contributed by atoms with van der Waals surface area (Å²) in [4.78, 5) is 14.3. The van der Waals surface area contributed by atoms with Gasteiger partial charge in [-0.1, -0.05) is 45.4 Å². The Balaban J connectivity index is 1.67. The average molecular weight is 278 g/mol. The lowest BCUT2D eigenvalue weighted by molar-refractivity contribution is 0.371. The van der Waals surface area contributed by atoms with Crippen LogP contribution in [0.3, 0.4) is 0 Å². The van der Waals surface area contributed by atoms with E-state index in [1.807, 2.05) is 0 Å². The third-order valence-corrected chi connectivity index (χ3v) is 4.44. The number of nitrogens with zero attached hydrogens (tertiary/aromatic N) is 2. The van der Waals surface area contributed by atoms with Crippen molar-refractivity contribution < 1.29 is 0 Å². The third kappa shape index (κ3) is 3.99. The number of H-pyrrole nitrogens is 1. The second-order valence-electron chi connectivity index (χ2n) is 5.92. The van der Waals surface area contributed by atoms with Crippen molar-refractivity contribution >= 4 is 6.08 Å². The topological polar surface area (TPSA) is 76.7 Å². The lowest BCUT2D eigenvalue weighted by atomic mass is 9.92. The molecule has 1 fully saturated rings. The first-order valence-electron chi connectivity index (χ1n) is 7.76. The molecule has 5 nitrogen and oxygen atoms in total. The quantitative estimate of drug-likeness (QED) is 0.752. The number of nitrogens with one attached hydrogen (secondary N) is 1. The normalized spacial score (nSPS) is 22.9. The van der Waals surface area contributed by atoms with Gasteiger partial charge in [-0.2, -0.15) is 5.10 Å². The van der Waals surface area contributed by atoms with Crippen LogP contribution < -0.4 is 11.4 Å². The fraction of sp³-hybridized carbons (Fsp3) is 0.733. The second kappa shape index (κ2) is 7.31. The zero-order valence-corrected chi connectivity index (χ0v) is 12.3. The highest BCUT2D eigenvalue weighted by Crippen LogP contribution is 2.34. The second-order valence-corrected chi connectivity index (χ2v) is 5.92. The number of nitrogens with two attached hydrogens (primary N) is 1. The van der Waals surface area contributed by atoms with E-state index in [1.54, 1.807) is 6.08 Å². The molecule has 5 heteroatoms. The van der Waals surface area contributed by atoms with E-state index in [0.29, 0.717) is 12.4 Å². The summed E-state index contributed by atoms with van der Waals surface area (Å²) in [5.74, 6) is 2.37. The van der Waals surface area contributed by atoms with Crippen LogP contribution in [0.25, 0.3) is 6.08 Å². The van der Waals surface area contributed by atoms with Crippen LogP contribution in [0.2, 0.25) is 0 Å². The minimum absolute atomic E-state index is 0.150. The Hall–Kier alpha value is -1.52. The molecular formula is C15H26N4O. The molecule has 1 aliphatic rings.